The second-order valence-corrected chi connectivity index (χ2v) is 8.97. The van der Waals surface area contributed by atoms with Gasteiger partial charge in [-0.3, -0.25) is 0 Å². The molecule has 34 heavy (non-hydrogen) atoms. The lowest BCUT2D eigenvalue weighted by atomic mass is 9.98. The highest BCUT2D eigenvalue weighted by atomic mass is 35.5. The average molecular weight is 455 g/mol. The lowest BCUT2D eigenvalue weighted by Crippen LogP contribution is -1.94. The molecule has 7 rings (SSSR count). The molecule has 0 aliphatic heterocycles. The minimum Gasteiger partial charge on any atom is -0.309 e. The fraction of sp³-hybridized carbons (Fsp3) is 0. The van der Waals surface area contributed by atoms with Gasteiger partial charge in [-0.1, -0.05) is 84.4 Å². The summed E-state index contributed by atoms with van der Waals surface area (Å²) in [5.74, 6) is 0. The number of pyridine rings is 1. The largest absolute Gasteiger partial charge is 0.309 e. The Labute approximate surface area is 201 Å². The zero-order valence-corrected chi connectivity index (χ0v) is 19.0. The molecule has 0 atom stereocenters. The maximum atomic E-state index is 6.81. The highest BCUT2D eigenvalue weighted by Crippen LogP contribution is 2.41. The normalized spacial score (nSPS) is 11.7. The molecule has 7 aromatic rings. The molecule has 0 unspecified atom stereocenters. The molecule has 160 valence electrons. The molecule has 2 nitrogen and oxygen atoms in total. The number of fused-ring (bicyclic) bond motifs is 6. The number of para-hydroxylation sites is 2. The summed E-state index contributed by atoms with van der Waals surface area (Å²) in [6, 6.07) is 40.0. The van der Waals surface area contributed by atoms with Crippen molar-refractivity contribution in [2.45, 2.75) is 0 Å². The van der Waals surface area contributed by atoms with Crippen molar-refractivity contribution in [1.82, 2.24) is 9.55 Å². The molecule has 0 amide bonds. The third-order valence-electron chi connectivity index (χ3n) is 6.62. The molecule has 5 aromatic carbocycles. The Bertz CT molecular complexity index is 1850. The van der Waals surface area contributed by atoms with Crippen LogP contribution in [0, 0.1) is 0 Å². The minimum absolute atomic E-state index is 0.756. The molecular weight excluding hydrogens is 436 g/mol. The fourth-order valence-electron chi connectivity index (χ4n) is 5.14. The maximum Gasteiger partial charge on any atom is 0.0788 e. The molecule has 2 aromatic heterocycles. The topological polar surface area (TPSA) is 17.8 Å². The molecule has 3 heteroatoms. The van der Waals surface area contributed by atoms with Crippen LogP contribution in [0.5, 0.6) is 0 Å². The number of benzene rings is 5. The molecule has 0 saturated carbocycles. The van der Waals surface area contributed by atoms with Crippen molar-refractivity contribution in [3.05, 3.63) is 120 Å². The van der Waals surface area contributed by atoms with Gasteiger partial charge < -0.3 is 4.57 Å². The third kappa shape index (κ3) is 2.79. The smallest absolute Gasteiger partial charge is 0.0788 e. The quantitative estimate of drug-likeness (QED) is 0.238. The van der Waals surface area contributed by atoms with E-state index in [1.807, 2.05) is 24.3 Å². The van der Waals surface area contributed by atoms with Gasteiger partial charge in [-0.2, -0.15) is 0 Å². The van der Waals surface area contributed by atoms with Crippen LogP contribution in [0.3, 0.4) is 0 Å². The molecule has 0 radical (unpaired) electrons. The first kappa shape index (κ1) is 19.3. The van der Waals surface area contributed by atoms with Gasteiger partial charge in [-0.15, -0.1) is 0 Å². The van der Waals surface area contributed by atoms with E-state index < -0.39 is 0 Å². The van der Waals surface area contributed by atoms with Crippen molar-refractivity contribution in [3.8, 4) is 16.9 Å². The summed E-state index contributed by atoms with van der Waals surface area (Å²) >= 11 is 6.81. The Morgan fingerprint density at radius 2 is 1.29 bits per heavy atom. The summed E-state index contributed by atoms with van der Waals surface area (Å²) < 4.78 is 2.31. The van der Waals surface area contributed by atoms with Gasteiger partial charge in [-0.25, -0.2) is 4.98 Å². The van der Waals surface area contributed by atoms with Crippen LogP contribution >= 0.6 is 11.6 Å². The van der Waals surface area contributed by atoms with E-state index >= 15 is 0 Å². The molecule has 0 aliphatic carbocycles. The van der Waals surface area contributed by atoms with Gasteiger partial charge >= 0.3 is 0 Å². The third-order valence-corrected chi connectivity index (χ3v) is 6.94. The van der Waals surface area contributed by atoms with Crippen LogP contribution in [0.25, 0.3) is 60.4 Å². The zero-order valence-electron chi connectivity index (χ0n) is 18.2. The number of nitrogens with zero attached hydrogens (tertiary/aromatic N) is 2. The van der Waals surface area contributed by atoms with Crippen LogP contribution in [0.2, 0.25) is 5.02 Å². The predicted molar refractivity (Wildman–Crippen MR) is 144 cm³/mol. The lowest BCUT2D eigenvalue weighted by molar-refractivity contribution is 1.18. The minimum atomic E-state index is 0.756. The summed E-state index contributed by atoms with van der Waals surface area (Å²) in [6.45, 7) is 0. The molecule has 0 bridgehead atoms. The average Bonchev–Trinajstić information content (AvgIpc) is 3.22. The van der Waals surface area contributed by atoms with Crippen molar-refractivity contribution in [2.75, 3.05) is 0 Å². The van der Waals surface area contributed by atoms with E-state index in [2.05, 4.69) is 95.6 Å². The van der Waals surface area contributed by atoms with Gasteiger partial charge in [0, 0.05) is 32.8 Å². The first-order valence-corrected chi connectivity index (χ1v) is 11.7. The van der Waals surface area contributed by atoms with Crippen LogP contribution in [0.4, 0.5) is 0 Å². The number of halogens is 1. The lowest BCUT2D eigenvalue weighted by Gasteiger charge is -2.12. The van der Waals surface area contributed by atoms with Crippen LogP contribution in [0.15, 0.2) is 115 Å². The van der Waals surface area contributed by atoms with Crippen molar-refractivity contribution >= 4 is 55.1 Å². The zero-order chi connectivity index (χ0) is 22.6. The Kier molecular flexibility index (Phi) is 4.23. The molecule has 0 fully saturated rings. The Hall–Kier alpha value is -4.14. The van der Waals surface area contributed by atoms with Crippen molar-refractivity contribution in [2.24, 2.45) is 0 Å². The second kappa shape index (κ2) is 7.44. The van der Waals surface area contributed by atoms with Gasteiger partial charge in [0.1, 0.15) is 0 Å². The summed E-state index contributed by atoms with van der Waals surface area (Å²) in [5.41, 5.74) is 6.44. The standard InChI is InChI=1S/C31H19ClN2/c32-26-15-9-17-28-30(26)25-18-24-23(19-29(25)34(28)21-12-5-2-6-13-21)22-14-7-8-16-27(22)33-31(24)20-10-3-1-4-11-20/h1-19H. The summed E-state index contributed by atoms with van der Waals surface area (Å²) in [6.07, 6.45) is 0. The molecule has 0 spiro atoms. The summed E-state index contributed by atoms with van der Waals surface area (Å²) in [7, 11) is 0. The van der Waals surface area contributed by atoms with Gasteiger partial charge in [-0.05, 0) is 47.9 Å². The van der Waals surface area contributed by atoms with E-state index in [0.29, 0.717) is 0 Å². The van der Waals surface area contributed by atoms with E-state index in [9.17, 15) is 0 Å². The fourth-order valence-corrected chi connectivity index (χ4v) is 5.41. The molecular formula is C31H19ClN2. The van der Waals surface area contributed by atoms with Gasteiger partial charge in [0.15, 0.2) is 0 Å². The molecule has 2 heterocycles. The van der Waals surface area contributed by atoms with E-state index in [-0.39, 0.29) is 0 Å². The first-order valence-electron chi connectivity index (χ1n) is 11.4. The summed E-state index contributed by atoms with van der Waals surface area (Å²) in [5, 5.41) is 6.42. The van der Waals surface area contributed by atoms with Crippen molar-refractivity contribution in [1.29, 1.82) is 0 Å². The second-order valence-electron chi connectivity index (χ2n) is 8.56. The number of hydrogen-bond acceptors (Lipinski definition) is 1. The SMILES string of the molecule is Clc1cccc2c1c1cc3c(-c4ccccc4)nc4ccccc4c3cc1n2-c1ccccc1. The highest BCUT2D eigenvalue weighted by Gasteiger charge is 2.18. The Morgan fingerprint density at radius 1 is 0.559 bits per heavy atom. The van der Waals surface area contributed by atoms with Crippen LogP contribution in [0.1, 0.15) is 0 Å². The van der Waals surface area contributed by atoms with Crippen molar-refractivity contribution < 1.29 is 0 Å². The Morgan fingerprint density at radius 3 is 2.12 bits per heavy atom. The van der Waals surface area contributed by atoms with Crippen LogP contribution < -0.4 is 0 Å². The van der Waals surface area contributed by atoms with E-state index in [1.165, 1.54) is 5.39 Å². The molecule has 0 aliphatic rings. The number of hydrogen-bond donors (Lipinski definition) is 0. The summed E-state index contributed by atoms with van der Waals surface area (Å²) in [4.78, 5) is 5.11. The van der Waals surface area contributed by atoms with E-state index in [0.717, 1.165) is 60.1 Å². The first-order chi connectivity index (χ1) is 16.8. The number of rotatable bonds is 2. The van der Waals surface area contributed by atoms with E-state index in [1.54, 1.807) is 0 Å². The highest BCUT2D eigenvalue weighted by molar-refractivity contribution is 6.38. The monoisotopic (exact) mass is 454 g/mol. The van der Waals surface area contributed by atoms with Gasteiger partial charge in [0.05, 0.1) is 27.3 Å². The molecule has 0 saturated heterocycles. The van der Waals surface area contributed by atoms with Crippen molar-refractivity contribution in [3.63, 3.8) is 0 Å². The number of aromatic nitrogens is 2. The Balaban J connectivity index is 1.73. The van der Waals surface area contributed by atoms with Gasteiger partial charge in [0.2, 0.25) is 0 Å². The van der Waals surface area contributed by atoms with Crippen LogP contribution in [-0.2, 0) is 0 Å². The van der Waals surface area contributed by atoms with Gasteiger partial charge in [0.25, 0.3) is 0 Å². The predicted octanol–water partition coefficient (Wildman–Crippen LogP) is 8.81. The maximum absolute atomic E-state index is 6.81. The van der Waals surface area contributed by atoms with Crippen LogP contribution in [-0.4, -0.2) is 9.55 Å². The molecule has 0 N–H and O–H groups in total. The van der Waals surface area contributed by atoms with E-state index in [4.69, 9.17) is 16.6 Å².